The van der Waals surface area contributed by atoms with Gasteiger partial charge in [-0.15, -0.1) is 0 Å². The summed E-state index contributed by atoms with van der Waals surface area (Å²) in [7, 11) is 0. The van der Waals surface area contributed by atoms with E-state index in [9.17, 15) is 0 Å². The van der Waals surface area contributed by atoms with E-state index < -0.39 is 0 Å². The monoisotopic (exact) mass is 235 g/mol. The molecule has 2 rings (SSSR count). The fourth-order valence-corrected chi connectivity index (χ4v) is 2.74. The molecule has 2 heterocycles. The fourth-order valence-electron chi connectivity index (χ4n) is 1.85. The van der Waals surface area contributed by atoms with Crippen LogP contribution in [0.15, 0.2) is 23.0 Å². The van der Waals surface area contributed by atoms with Gasteiger partial charge in [-0.25, -0.2) is 0 Å². The lowest BCUT2D eigenvalue weighted by Gasteiger charge is -2.13. The Morgan fingerprint density at radius 1 is 1.50 bits per heavy atom. The summed E-state index contributed by atoms with van der Waals surface area (Å²) in [6.07, 6.45) is 2.90. The van der Waals surface area contributed by atoms with Gasteiger partial charge in [0.2, 0.25) is 0 Å². The molecule has 0 aliphatic rings. The van der Waals surface area contributed by atoms with Crippen LogP contribution in [0.3, 0.4) is 0 Å². The molecule has 0 aliphatic carbocycles. The maximum atomic E-state index is 6.28. The molecule has 0 saturated carbocycles. The second-order valence-electron chi connectivity index (χ2n) is 3.97. The van der Waals surface area contributed by atoms with Gasteiger partial charge in [-0.3, -0.25) is 4.68 Å². The van der Waals surface area contributed by atoms with E-state index in [1.54, 1.807) is 11.3 Å². The van der Waals surface area contributed by atoms with Gasteiger partial charge in [0.25, 0.3) is 0 Å². The van der Waals surface area contributed by atoms with Crippen LogP contribution in [0.25, 0.3) is 0 Å². The molecule has 3 nitrogen and oxygen atoms in total. The molecular formula is C12H17N3S. The number of hydrogen-bond donors (Lipinski definition) is 1. The smallest absolute Gasteiger partial charge is 0.0733 e. The van der Waals surface area contributed by atoms with Gasteiger partial charge in [0.15, 0.2) is 0 Å². The van der Waals surface area contributed by atoms with E-state index in [0.29, 0.717) is 0 Å². The van der Waals surface area contributed by atoms with Crippen molar-refractivity contribution in [1.82, 2.24) is 9.78 Å². The quantitative estimate of drug-likeness (QED) is 0.885. The van der Waals surface area contributed by atoms with Gasteiger partial charge in [-0.05, 0) is 41.3 Å². The standard InChI is InChI=1S/C12H17N3S/c1-3-6-15-11(4-5-14-15)12(13)10-8-16-7-9(10)2/h4-5,7-8,12H,3,6,13H2,1-2H3. The van der Waals surface area contributed by atoms with Gasteiger partial charge in [0, 0.05) is 12.7 Å². The van der Waals surface area contributed by atoms with E-state index in [0.717, 1.165) is 18.7 Å². The summed E-state index contributed by atoms with van der Waals surface area (Å²) in [5, 5.41) is 8.57. The number of thiophene rings is 1. The predicted octanol–water partition coefficient (Wildman–Crippen LogP) is 2.71. The summed E-state index contributed by atoms with van der Waals surface area (Å²) in [6.45, 7) is 5.18. The SMILES string of the molecule is CCCn1nccc1C(N)c1cscc1C. The summed E-state index contributed by atoms with van der Waals surface area (Å²) >= 11 is 1.70. The second kappa shape index (κ2) is 4.80. The molecule has 1 atom stereocenters. The van der Waals surface area contributed by atoms with Crippen LogP contribution in [0.5, 0.6) is 0 Å². The molecule has 2 N–H and O–H groups in total. The Balaban J connectivity index is 2.30. The summed E-state index contributed by atoms with van der Waals surface area (Å²) in [4.78, 5) is 0. The third kappa shape index (κ3) is 2.03. The molecule has 86 valence electrons. The number of aryl methyl sites for hydroxylation is 2. The minimum atomic E-state index is -0.0553. The van der Waals surface area contributed by atoms with Crippen molar-refractivity contribution in [3.63, 3.8) is 0 Å². The summed E-state index contributed by atoms with van der Waals surface area (Å²) in [5.41, 5.74) is 9.86. The third-order valence-electron chi connectivity index (χ3n) is 2.73. The highest BCUT2D eigenvalue weighted by atomic mass is 32.1. The largest absolute Gasteiger partial charge is 0.319 e. The number of hydrogen-bond acceptors (Lipinski definition) is 3. The zero-order valence-electron chi connectivity index (χ0n) is 9.68. The van der Waals surface area contributed by atoms with Crippen molar-refractivity contribution < 1.29 is 0 Å². The van der Waals surface area contributed by atoms with E-state index in [2.05, 4.69) is 29.7 Å². The lowest BCUT2D eigenvalue weighted by atomic mass is 10.0. The Kier molecular flexibility index (Phi) is 3.41. The molecule has 0 fully saturated rings. The van der Waals surface area contributed by atoms with E-state index >= 15 is 0 Å². The Hall–Kier alpha value is -1.13. The molecule has 2 aromatic heterocycles. The predicted molar refractivity (Wildman–Crippen MR) is 67.6 cm³/mol. The van der Waals surface area contributed by atoms with Crippen LogP contribution in [0.1, 0.15) is 36.2 Å². The summed E-state index contributed by atoms with van der Waals surface area (Å²) in [5.74, 6) is 0. The minimum Gasteiger partial charge on any atom is -0.319 e. The highest BCUT2D eigenvalue weighted by Crippen LogP contribution is 2.25. The molecule has 1 unspecified atom stereocenters. The first-order chi connectivity index (χ1) is 7.74. The lowest BCUT2D eigenvalue weighted by molar-refractivity contribution is 0.559. The topological polar surface area (TPSA) is 43.8 Å². The zero-order chi connectivity index (χ0) is 11.5. The average molecular weight is 235 g/mol. The molecule has 0 spiro atoms. The van der Waals surface area contributed by atoms with Crippen molar-refractivity contribution in [2.75, 3.05) is 0 Å². The number of nitrogens with two attached hydrogens (primary N) is 1. The van der Waals surface area contributed by atoms with Crippen LogP contribution in [0.4, 0.5) is 0 Å². The van der Waals surface area contributed by atoms with Crippen molar-refractivity contribution in [3.05, 3.63) is 39.8 Å². The molecule has 0 radical (unpaired) electrons. The van der Waals surface area contributed by atoms with E-state index in [1.807, 2.05) is 16.9 Å². The lowest BCUT2D eigenvalue weighted by Crippen LogP contribution is -2.17. The Morgan fingerprint density at radius 2 is 2.31 bits per heavy atom. The molecule has 4 heteroatoms. The van der Waals surface area contributed by atoms with E-state index in [-0.39, 0.29) is 6.04 Å². The van der Waals surface area contributed by atoms with Crippen LogP contribution >= 0.6 is 11.3 Å². The molecular weight excluding hydrogens is 218 g/mol. The normalized spacial score (nSPS) is 12.9. The van der Waals surface area contributed by atoms with Crippen molar-refractivity contribution >= 4 is 11.3 Å². The molecule has 0 bridgehead atoms. The molecule has 16 heavy (non-hydrogen) atoms. The van der Waals surface area contributed by atoms with Crippen LogP contribution in [0.2, 0.25) is 0 Å². The van der Waals surface area contributed by atoms with Gasteiger partial charge in [-0.1, -0.05) is 6.92 Å². The Morgan fingerprint density at radius 3 is 2.94 bits per heavy atom. The first kappa shape index (κ1) is 11.4. The highest BCUT2D eigenvalue weighted by Gasteiger charge is 2.15. The molecule has 2 aromatic rings. The first-order valence-electron chi connectivity index (χ1n) is 5.54. The van der Waals surface area contributed by atoms with Gasteiger partial charge < -0.3 is 5.73 Å². The van der Waals surface area contributed by atoms with Gasteiger partial charge in [0.1, 0.15) is 0 Å². The molecule has 0 amide bonds. The molecule has 0 aromatic carbocycles. The van der Waals surface area contributed by atoms with Crippen LogP contribution in [0, 0.1) is 6.92 Å². The summed E-state index contributed by atoms with van der Waals surface area (Å²) in [6, 6.07) is 1.96. The number of rotatable bonds is 4. The van der Waals surface area contributed by atoms with E-state index in [4.69, 9.17) is 5.73 Å². The Labute approximate surface area is 99.9 Å². The third-order valence-corrected chi connectivity index (χ3v) is 3.61. The highest BCUT2D eigenvalue weighted by molar-refractivity contribution is 7.08. The Bertz CT molecular complexity index is 458. The number of aromatic nitrogens is 2. The molecule has 0 saturated heterocycles. The van der Waals surface area contributed by atoms with Crippen LogP contribution < -0.4 is 5.73 Å². The minimum absolute atomic E-state index is 0.0553. The van der Waals surface area contributed by atoms with Crippen molar-refractivity contribution in [3.8, 4) is 0 Å². The molecule has 0 aliphatic heterocycles. The van der Waals surface area contributed by atoms with Gasteiger partial charge >= 0.3 is 0 Å². The maximum Gasteiger partial charge on any atom is 0.0733 e. The van der Waals surface area contributed by atoms with Crippen molar-refractivity contribution in [2.45, 2.75) is 32.9 Å². The summed E-state index contributed by atoms with van der Waals surface area (Å²) < 4.78 is 2.00. The average Bonchev–Trinajstić information content (AvgIpc) is 2.87. The number of nitrogens with zero attached hydrogens (tertiary/aromatic N) is 2. The second-order valence-corrected chi connectivity index (χ2v) is 4.71. The fraction of sp³-hybridized carbons (Fsp3) is 0.417. The van der Waals surface area contributed by atoms with E-state index in [1.165, 1.54) is 11.1 Å². The first-order valence-corrected chi connectivity index (χ1v) is 6.48. The maximum absolute atomic E-state index is 6.28. The zero-order valence-corrected chi connectivity index (χ0v) is 10.5. The van der Waals surface area contributed by atoms with Crippen molar-refractivity contribution in [1.29, 1.82) is 0 Å². The van der Waals surface area contributed by atoms with Crippen molar-refractivity contribution in [2.24, 2.45) is 5.73 Å². The van der Waals surface area contributed by atoms with Crippen LogP contribution in [-0.2, 0) is 6.54 Å². The van der Waals surface area contributed by atoms with Crippen LogP contribution in [-0.4, -0.2) is 9.78 Å². The van der Waals surface area contributed by atoms with Gasteiger partial charge in [0.05, 0.1) is 11.7 Å². The van der Waals surface area contributed by atoms with Gasteiger partial charge in [-0.2, -0.15) is 16.4 Å².